The number of H-pyrrole nitrogens is 1. The Balaban J connectivity index is 1.49. The number of hydrogen-bond donors (Lipinski definition) is 1. The molecular formula is C24H24FN3O3. The third-order valence-electron chi connectivity index (χ3n) is 5.21. The average molecular weight is 421 g/mol. The Bertz CT molecular complexity index is 1160. The van der Waals surface area contributed by atoms with Crippen molar-refractivity contribution in [1.82, 2.24) is 14.9 Å². The molecule has 3 aromatic rings. The lowest BCUT2D eigenvalue weighted by molar-refractivity contribution is 0.284. The molecule has 7 heteroatoms. The molecule has 0 aliphatic carbocycles. The minimum atomic E-state index is -0.278. The lowest BCUT2D eigenvalue weighted by Gasteiger charge is -2.23. The number of methoxy groups -OCH3 is 1. The summed E-state index contributed by atoms with van der Waals surface area (Å²) in [5.41, 5.74) is 3.27. The number of fused-ring (bicyclic) bond motifs is 1. The van der Waals surface area contributed by atoms with Gasteiger partial charge in [0.2, 0.25) is 0 Å². The third kappa shape index (κ3) is 5.00. The number of aromatic nitrogens is 2. The maximum absolute atomic E-state index is 13.0. The maximum atomic E-state index is 13.0. The van der Waals surface area contributed by atoms with E-state index in [1.165, 1.54) is 12.1 Å². The van der Waals surface area contributed by atoms with E-state index in [0.29, 0.717) is 30.5 Å². The highest BCUT2D eigenvalue weighted by atomic mass is 19.1. The van der Waals surface area contributed by atoms with Crippen LogP contribution in [-0.4, -0.2) is 35.6 Å². The number of hydrogen-bond acceptors (Lipinski definition) is 5. The fourth-order valence-electron chi connectivity index (χ4n) is 3.48. The molecule has 0 amide bonds. The zero-order valence-electron chi connectivity index (χ0n) is 17.5. The second kappa shape index (κ2) is 9.14. The van der Waals surface area contributed by atoms with Gasteiger partial charge in [-0.15, -0.1) is 0 Å². The topological polar surface area (TPSA) is 67.5 Å². The van der Waals surface area contributed by atoms with Gasteiger partial charge in [0.25, 0.3) is 5.56 Å². The van der Waals surface area contributed by atoms with Crippen LogP contribution in [0.15, 0.2) is 47.3 Å². The molecule has 0 fully saturated rings. The van der Waals surface area contributed by atoms with Crippen molar-refractivity contribution in [1.29, 1.82) is 0 Å². The summed E-state index contributed by atoms with van der Waals surface area (Å²) < 4.78 is 24.3. The molecule has 160 valence electrons. The van der Waals surface area contributed by atoms with Crippen molar-refractivity contribution in [3.05, 3.63) is 86.8 Å². The molecular weight excluding hydrogens is 397 g/mol. The Morgan fingerprint density at radius 3 is 2.74 bits per heavy atom. The van der Waals surface area contributed by atoms with Crippen molar-refractivity contribution < 1.29 is 13.9 Å². The smallest absolute Gasteiger partial charge is 0.255 e. The lowest BCUT2D eigenvalue weighted by Crippen LogP contribution is -2.33. The largest absolute Gasteiger partial charge is 0.493 e. The van der Waals surface area contributed by atoms with Crippen LogP contribution in [0.25, 0.3) is 12.2 Å². The van der Waals surface area contributed by atoms with E-state index in [9.17, 15) is 9.18 Å². The minimum absolute atomic E-state index is 0.0849. The van der Waals surface area contributed by atoms with Crippen LogP contribution in [0.4, 0.5) is 4.39 Å². The van der Waals surface area contributed by atoms with Gasteiger partial charge in [0.15, 0.2) is 11.5 Å². The number of rotatable bonds is 6. The van der Waals surface area contributed by atoms with Crippen molar-refractivity contribution in [3.63, 3.8) is 0 Å². The summed E-state index contributed by atoms with van der Waals surface area (Å²) in [4.78, 5) is 21.9. The summed E-state index contributed by atoms with van der Waals surface area (Å²) >= 11 is 0. The average Bonchev–Trinajstić information content (AvgIpc) is 2.78. The van der Waals surface area contributed by atoms with Gasteiger partial charge < -0.3 is 19.4 Å². The van der Waals surface area contributed by atoms with Crippen LogP contribution in [0.5, 0.6) is 11.5 Å². The first-order valence-corrected chi connectivity index (χ1v) is 10.1. The number of nitrogens with one attached hydrogen (secondary N) is 1. The van der Waals surface area contributed by atoms with Gasteiger partial charge in [-0.25, -0.2) is 9.37 Å². The maximum Gasteiger partial charge on any atom is 0.255 e. The minimum Gasteiger partial charge on any atom is -0.493 e. The fraction of sp³-hybridized carbons (Fsp3) is 0.250. The highest BCUT2D eigenvalue weighted by Gasteiger charge is 2.18. The Hall–Kier alpha value is -3.45. The molecule has 0 saturated carbocycles. The Morgan fingerprint density at radius 1 is 1.16 bits per heavy atom. The molecule has 2 heterocycles. The number of aromatic amines is 1. The van der Waals surface area contributed by atoms with Gasteiger partial charge in [-0.1, -0.05) is 24.3 Å². The summed E-state index contributed by atoms with van der Waals surface area (Å²) in [5, 5.41) is 0. The van der Waals surface area contributed by atoms with E-state index in [-0.39, 0.29) is 11.4 Å². The molecule has 6 nitrogen and oxygen atoms in total. The van der Waals surface area contributed by atoms with Crippen molar-refractivity contribution in [3.8, 4) is 11.5 Å². The first kappa shape index (κ1) is 20.8. The molecule has 0 radical (unpaired) electrons. The zero-order chi connectivity index (χ0) is 21.8. The van der Waals surface area contributed by atoms with E-state index in [4.69, 9.17) is 9.47 Å². The van der Waals surface area contributed by atoms with E-state index in [0.717, 1.165) is 35.3 Å². The zero-order valence-corrected chi connectivity index (χ0v) is 17.5. The Morgan fingerprint density at radius 2 is 1.97 bits per heavy atom. The van der Waals surface area contributed by atoms with Crippen LogP contribution < -0.4 is 15.0 Å². The molecule has 31 heavy (non-hydrogen) atoms. The number of likely N-dealkylation sites (N-methyl/N-ethyl adjacent to an activating group) is 1. The number of nitrogens with zero attached hydrogens (tertiary/aromatic N) is 2. The number of benzene rings is 2. The number of ether oxygens (including phenoxy) is 2. The second-order valence-electron chi connectivity index (χ2n) is 7.52. The van der Waals surface area contributed by atoms with E-state index >= 15 is 0 Å². The van der Waals surface area contributed by atoms with Gasteiger partial charge >= 0.3 is 0 Å². The molecule has 0 saturated heterocycles. The van der Waals surface area contributed by atoms with Gasteiger partial charge in [-0.2, -0.15) is 0 Å². The van der Waals surface area contributed by atoms with E-state index in [1.54, 1.807) is 25.3 Å². The van der Waals surface area contributed by atoms with Gasteiger partial charge in [-0.3, -0.25) is 4.79 Å². The summed E-state index contributed by atoms with van der Waals surface area (Å²) in [5.74, 6) is 1.43. The van der Waals surface area contributed by atoms with Crippen LogP contribution in [0.2, 0.25) is 0 Å². The van der Waals surface area contributed by atoms with Crippen molar-refractivity contribution in [2.45, 2.75) is 19.6 Å². The van der Waals surface area contributed by atoms with Crippen molar-refractivity contribution >= 4 is 12.2 Å². The summed E-state index contributed by atoms with van der Waals surface area (Å²) in [6.45, 7) is 1.82. The normalized spacial score (nSPS) is 13.9. The van der Waals surface area contributed by atoms with Crippen molar-refractivity contribution in [2.24, 2.45) is 0 Å². The van der Waals surface area contributed by atoms with Crippen LogP contribution >= 0.6 is 0 Å². The van der Waals surface area contributed by atoms with Gasteiger partial charge in [0.05, 0.1) is 18.4 Å². The SMILES string of the molecule is COc1cc(C=Cc2nc3c(c(=O)[nH]2)CN(C)CC3)ccc1OCc1ccc(F)cc1. The Kier molecular flexibility index (Phi) is 6.13. The molecule has 1 aliphatic rings. The van der Waals surface area contributed by atoms with Gasteiger partial charge in [0, 0.05) is 19.5 Å². The molecule has 1 N–H and O–H groups in total. The first-order valence-electron chi connectivity index (χ1n) is 10.1. The number of halogens is 1. The quantitative estimate of drug-likeness (QED) is 0.658. The standard InChI is InChI=1S/C24H24FN3O3/c1-28-12-11-20-19(14-28)24(29)27-23(26-20)10-6-16-5-9-21(22(13-16)30-2)31-15-17-3-7-18(25)8-4-17/h3-10,13H,11-12,14-15H2,1-2H3,(H,26,27,29). The molecule has 1 aromatic heterocycles. The molecule has 0 bridgehead atoms. The summed E-state index contributed by atoms with van der Waals surface area (Å²) in [6.07, 6.45) is 4.42. The molecule has 4 rings (SSSR count). The molecule has 1 aliphatic heterocycles. The second-order valence-corrected chi connectivity index (χ2v) is 7.52. The van der Waals surface area contributed by atoms with Crippen LogP contribution in [0.1, 0.15) is 28.2 Å². The Labute approximate surface area is 180 Å². The highest BCUT2D eigenvalue weighted by molar-refractivity contribution is 5.68. The monoisotopic (exact) mass is 421 g/mol. The molecule has 2 aromatic carbocycles. The van der Waals surface area contributed by atoms with Crippen LogP contribution in [0.3, 0.4) is 0 Å². The van der Waals surface area contributed by atoms with Gasteiger partial charge in [-0.05, 0) is 48.5 Å². The van der Waals surface area contributed by atoms with E-state index in [2.05, 4.69) is 14.9 Å². The molecule has 0 atom stereocenters. The summed E-state index contributed by atoms with van der Waals surface area (Å²) in [7, 11) is 3.57. The highest BCUT2D eigenvalue weighted by Crippen LogP contribution is 2.29. The summed E-state index contributed by atoms with van der Waals surface area (Å²) in [6, 6.07) is 11.7. The predicted molar refractivity (Wildman–Crippen MR) is 118 cm³/mol. The van der Waals surface area contributed by atoms with Gasteiger partial charge in [0.1, 0.15) is 18.2 Å². The molecule has 0 unspecified atom stereocenters. The lowest BCUT2D eigenvalue weighted by atomic mass is 10.1. The fourth-order valence-corrected chi connectivity index (χ4v) is 3.48. The predicted octanol–water partition coefficient (Wildman–Crippen LogP) is 3.65. The third-order valence-corrected chi connectivity index (χ3v) is 5.21. The van der Waals surface area contributed by atoms with Crippen molar-refractivity contribution in [2.75, 3.05) is 20.7 Å². The molecule has 0 spiro atoms. The van der Waals surface area contributed by atoms with Crippen LogP contribution in [0, 0.1) is 5.82 Å². The van der Waals surface area contributed by atoms with E-state index < -0.39 is 0 Å². The van der Waals surface area contributed by atoms with Crippen LogP contribution in [-0.2, 0) is 19.6 Å². The first-order chi connectivity index (χ1) is 15.0. The van der Waals surface area contributed by atoms with E-state index in [1.807, 2.05) is 31.3 Å².